The Bertz CT molecular complexity index is 1590. The van der Waals surface area contributed by atoms with Crippen LogP contribution < -0.4 is 16.2 Å². The van der Waals surface area contributed by atoms with Crippen LogP contribution in [0.1, 0.15) is 20.7 Å². The van der Waals surface area contributed by atoms with Crippen LogP contribution in [0.25, 0.3) is 16.6 Å². The maximum absolute atomic E-state index is 13.1. The van der Waals surface area contributed by atoms with Crippen LogP contribution in [-0.4, -0.2) is 26.4 Å². The summed E-state index contributed by atoms with van der Waals surface area (Å²) in [6, 6.07) is 20.3. The van der Waals surface area contributed by atoms with E-state index in [4.69, 9.17) is 11.6 Å². The van der Waals surface area contributed by atoms with E-state index in [9.17, 15) is 14.4 Å². The smallest absolute Gasteiger partial charge is 0.261 e. The number of carbonyl (C=O) groups excluding carboxylic acids is 2. The number of rotatable bonds is 4. The Hall–Kier alpha value is -4.43. The Labute approximate surface area is 191 Å². The van der Waals surface area contributed by atoms with E-state index in [2.05, 4.69) is 20.7 Å². The molecule has 0 saturated heterocycles. The number of fused-ring (bicyclic) bond motifs is 3. The molecule has 2 aromatic heterocycles. The molecule has 3 N–H and O–H groups in total. The minimum absolute atomic E-state index is 0.191. The number of carbonyl (C=O) groups is 2. The second-order valence-electron chi connectivity index (χ2n) is 7.25. The number of aromatic amines is 1. The Morgan fingerprint density at radius 1 is 0.848 bits per heavy atom. The molecule has 9 heteroatoms. The molecule has 0 aliphatic carbocycles. The second kappa shape index (κ2) is 8.25. The third kappa shape index (κ3) is 3.83. The van der Waals surface area contributed by atoms with E-state index in [0.717, 1.165) is 0 Å². The van der Waals surface area contributed by atoms with Crippen LogP contribution in [0, 0.1) is 0 Å². The highest BCUT2D eigenvalue weighted by molar-refractivity contribution is 6.30. The number of nitrogens with one attached hydrogen (secondary N) is 3. The summed E-state index contributed by atoms with van der Waals surface area (Å²) >= 11 is 5.88. The van der Waals surface area contributed by atoms with Gasteiger partial charge in [0.25, 0.3) is 17.4 Å². The first kappa shape index (κ1) is 20.5. The molecule has 33 heavy (non-hydrogen) atoms. The van der Waals surface area contributed by atoms with Crippen molar-refractivity contribution in [1.29, 1.82) is 0 Å². The molecule has 0 spiro atoms. The normalized spacial score (nSPS) is 10.9. The number of halogens is 1. The molecular formula is C24H16ClN5O3. The molecule has 0 saturated carbocycles. The van der Waals surface area contributed by atoms with Crippen molar-refractivity contribution in [3.63, 3.8) is 0 Å². The fourth-order valence-electron chi connectivity index (χ4n) is 3.53. The predicted molar refractivity (Wildman–Crippen MR) is 127 cm³/mol. The second-order valence-corrected chi connectivity index (χ2v) is 7.69. The molecule has 0 aliphatic heterocycles. The van der Waals surface area contributed by atoms with Gasteiger partial charge in [0.2, 0.25) is 0 Å². The first-order valence-electron chi connectivity index (χ1n) is 9.97. The summed E-state index contributed by atoms with van der Waals surface area (Å²) in [6.45, 7) is 0. The number of H-pyrrole nitrogens is 1. The standard InChI is InChI=1S/C24H16ClN5O3/c25-15-11-9-14(10-12-15)22(31)27-18-6-2-3-7-19(18)28-24(33)17-13-26-30-20-8-4-1-5-16(20)23(32)29-21(17)30/h1-13H,(H,27,31)(H,28,33)(H,29,32). The van der Waals surface area contributed by atoms with E-state index in [1.54, 1.807) is 72.8 Å². The van der Waals surface area contributed by atoms with Crippen LogP contribution in [0.3, 0.4) is 0 Å². The van der Waals surface area contributed by atoms with Crippen LogP contribution in [0.4, 0.5) is 11.4 Å². The molecule has 3 aromatic carbocycles. The zero-order chi connectivity index (χ0) is 22.9. The number of hydrogen-bond acceptors (Lipinski definition) is 4. The van der Waals surface area contributed by atoms with Gasteiger partial charge in [-0.3, -0.25) is 14.4 Å². The van der Waals surface area contributed by atoms with Gasteiger partial charge in [-0.15, -0.1) is 0 Å². The number of aromatic nitrogens is 3. The lowest BCUT2D eigenvalue weighted by molar-refractivity contribution is 0.101. The molecule has 5 aromatic rings. The van der Waals surface area contributed by atoms with Crippen LogP contribution >= 0.6 is 11.6 Å². The minimum atomic E-state index is -0.482. The zero-order valence-electron chi connectivity index (χ0n) is 17.0. The number of hydrogen-bond donors (Lipinski definition) is 3. The van der Waals surface area contributed by atoms with Gasteiger partial charge >= 0.3 is 0 Å². The van der Waals surface area contributed by atoms with E-state index in [-0.39, 0.29) is 22.7 Å². The Kier molecular flexibility index (Phi) is 5.12. The molecule has 5 rings (SSSR count). The van der Waals surface area contributed by atoms with Crippen LogP contribution in [0.5, 0.6) is 0 Å². The van der Waals surface area contributed by atoms with Crippen molar-refractivity contribution >= 4 is 51.3 Å². The highest BCUT2D eigenvalue weighted by Crippen LogP contribution is 2.24. The van der Waals surface area contributed by atoms with Crippen LogP contribution in [-0.2, 0) is 0 Å². The van der Waals surface area contributed by atoms with Crippen LogP contribution in [0.15, 0.2) is 83.8 Å². The van der Waals surface area contributed by atoms with E-state index in [1.807, 2.05) is 0 Å². The van der Waals surface area contributed by atoms with Gasteiger partial charge < -0.3 is 15.6 Å². The maximum Gasteiger partial charge on any atom is 0.261 e. The van der Waals surface area contributed by atoms with Crippen molar-refractivity contribution in [1.82, 2.24) is 14.6 Å². The largest absolute Gasteiger partial charge is 0.320 e. The first-order valence-corrected chi connectivity index (χ1v) is 10.3. The van der Waals surface area contributed by atoms with Crippen molar-refractivity contribution in [3.05, 3.63) is 105 Å². The quantitative estimate of drug-likeness (QED) is 0.373. The molecular weight excluding hydrogens is 442 g/mol. The van der Waals surface area contributed by atoms with Crippen molar-refractivity contribution in [2.24, 2.45) is 0 Å². The van der Waals surface area contributed by atoms with Crippen molar-refractivity contribution in [3.8, 4) is 0 Å². The van der Waals surface area contributed by atoms with Crippen molar-refractivity contribution < 1.29 is 9.59 Å². The molecule has 162 valence electrons. The number of nitrogens with zero attached hydrogens (tertiary/aromatic N) is 2. The van der Waals surface area contributed by atoms with Gasteiger partial charge in [0.05, 0.1) is 28.5 Å². The molecule has 8 nitrogen and oxygen atoms in total. The van der Waals surface area contributed by atoms with E-state index >= 15 is 0 Å². The fourth-order valence-corrected chi connectivity index (χ4v) is 3.66. The highest BCUT2D eigenvalue weighted by atomic mass is 35.5. The first-order chi connectivity index (χ1) is 16.0. The Morgan fingerprint density at radius 3 is 2.21 bits per heavy atom. The summed E-state index contributed by atoms with van der Waals surface area (Å²) in [7, 11) is 0. The van der Waals surface area contributed by atoms with Gasteiger partial charge in [0.1, 0.15) is 11.2 Å². The molecule has 0 atom stereocenters. The average molecular weight is 458 g/mol. The van der Waals surface area contributed by atoms with E-state index < -0.39 is 5.91 Å². The minimum Gasteiger partial charge on any atom is -0.320 e. The Morgan fingerprint density at radius 2 is 1.48 bits per heavy atom. The lowest BCUT2D eigenvalue weighted by Gasteiger charge is -2.12. The van der Waals surface area contributed by atoms with E-state index in [0.29, 0.717) is 32.9 Å². The summed E-state index contributed by atoms with van der Waals surface area (Å²) < 4.78 is 1.51. The highest BCUT2D eigenvalue weighted by Gasteiger charge is 2.18. The topological polar surface area (TPSA) is 108 Å². The summed E-state index contributed by atoms with van der Waals surface area (Å²) in [6.07, 6.45) is 1.39. The van der Waals surface area contributed by atoms with Gasteiger partial charge in [-0.1, -0.05) is 35.9 Å². The summed E-state index contributed by atoms with van der Waals surface area (Å²) in [5.74, 6) is -0.829. The summed E-state index contributed by atoms with van der Waals surface area (Å²) in [4.78, 5) is 40.9. The summed E-state index contributed by atoms with van der Waals surface area (Å²) in [5.41, 5.74) is 1.98. The monoisotopic (exact) mass is 457 g/mol. The lowest BCUT2D eigenvalue weighted by Crippen LogP contribution is -2.17. The number of benzene rings is 3. The molecule has 0 bridgehead atoms. The SMILES string of the molecule is O=C(Nc1ccccc1NC(=O)c1cnn2c1[nH]c(=O)c1ccccc12)c1ccc(Cl)cc1. The van der Waals surface area contributed by atoms with Crippen LogP contribution in [0.2, 0.25) is 5.02 Å². The van der Waals surface area contributed by atoms with Gasteiger partial charge in [-0.25, -0.2) is 4.52 Å². The molecule has 0 unspecified atom stereocenters. The van der Waals surface area contributed by atoms with Gasteiger partial charge in [0.15, 0.2) is 0 Å². The molecule has 2 amide bonds. The number of anilines is 2. The van der Waals surface area contributed by atoms with Gasteiger partial charge in [0, 0.05) is 10.6 Å². The number of para-hydroxylation sites is 3. The predicted octanol–water partition coefficient (Wildman–Crippen LogP) is 4.33. The summed E-state index contributed by atoms with van der Waals surface area (Å²) in [5, 5.41) is 10.8. The third-order valence-corrected chi connectivity index (χ3v) is 5.40. The third-order valence-electron chi connectivity index (χ3n) is 5.15. The van der Waals surface area contributed by atoms with E-state index in [1.165, 1.54) is 10.7 Å². The molecule has 0 fully saturated rings. The molecule has 0 radical (unpaired) electrons. The van der Waals surface area contributed by atoms with Gasteiger partial charge in [-0.05, 0) is 48.5 Å². The zero-order valence-corrected chi connectivity index (χ0v) is 17.8. The number of amides is 2. The molecule has 0 aliphatic rings. The van der Waals surface area contributed by atoms with Crippen molar-refractivity contribution in [2.45, 2.75) is 0 Å². The van der Waals surface area contributed by atoms with Crippen molar-refractivity contribution in [2.75, 3.05) is 10.6 Å². The maximum atomic E-state index is 13.1. The average Bonchev–Trinajstić information content (AvgIpc) is 3.25. The molecule has 2 heterocycles. The Balaban J connectivity index is 1.45. The lowest BCUT2D eigenvalue weighted by atomic mass is 10.2. The fraction of sp³-hybridized carbons (Fsp3) is 0. The van der Waals surface area contributed by atoms with Gasteiger partial charge in [-0.2, -0.15) is 5.10 Å².